The maximum absolute atomic E-state index is 12.8. The van der Waals surface area contributed by atoms with E-state index in [4.69, 9.17) is 4.74 Å². The van der Waals surface area contributed by atoms with E-state index in [2.05, 4.69) is 20.6 Å². The molecule has 1 fully saturated rings. The Morgan fingerprint density at radius 1 is 1.28 bits per heavy atom. The van der Waals surface area contributed by atoms with Crippen molar-refractivity contribution in [1.29, 1.82) is 0 Å². The topological polar surface area (TPSA) is 119 Å². The third kappa shape index (κ3) is 4.38. The standard InChI is InChI=1S/C23H25N5O4/c1-15-11-16(20-14-28(27-26-20)10-8-17-5-3-4-9-24-17)6-7-19(15)21(29)25-23(22(30)31)12-18(13-23)32-2/h3-7,9,11,14,18H,8,10,12-13H2,1-2H3,(H,25,29)(H,30,31). The van der Waals surface area contributed by atoms with Crippen LogP contribution in [0.5, 0.6) is 0 Å². The third-order valence-corrected chi connectivity index (χ3v) is 5.88. The van der Waals surface area contributed by atoms with E-state index >= 15 is 0 Å². The number of methoxy groups -OCH3 is 1. The highest BCUT2D eigenvalue weighted by atomic mass is 16.5. The van der Waals surface area contributed by atoms with Crippen LogP contribution in [0.25, 0.3) is 11.3 Å². The van der Waals surface area contributed by atoms with Gasteiger partial charge in [-0.1, -0.05) is 17.3 Å². The van der Waals surface area contributed by atoms with Crippen LogP contribution in [0.4, 0.5) is 0 Å². The highest BCUT2D eigenvalue weighted by Crippen LogP contribution is 2.35. The summed E-state index contributed by atoms with van der Waals surface area (Å²) in [6, 6.07) is 11.1. The molecule has 0 aliphatic heterocycles. The second-order valence-electron chi connectivity index (χ2n) is 8.07. The molecule has 4 rings (SSSR count). The predicted molar refractivity (Wildman–Crippen MR) is 116 cm³/mol. The first-order chi connectivity index (χ1) is 15.4. The van der Waals surface area contributed by atoms with Gasteiger partial charge in [-0.3, -0.25) is 14.5 Å². The van der Waals surface area contributed by atoms with Crippen LogP contribution in [0.1, 0.15) is 34.5 Å². The molecule has 0 radical (unpaired) electrons. The van der Waals surface area contributed by atoms with Crippen molar-refractivity contribution in [2.75, 3.05) is 7.11 Å². The van der Waals surface area contributed by atoms with Crippen LogP contribution < -0.4 is 5.32 Å². The van der Waals surface area contributed by atoms with E-state index in [9.17, 15) is 14.7 Å². The Kier molecular flexibility index (Phi) is 6.00. The highest BCUT2D eigenvalue weighted by molar-refractivity contribution is 5.99. The molecule has 2 N–H and O–H groups in total. The van der Waals surface area contributed by atoms with E-state index in [1.165, 1.54) is 7.11 Å². The van der Waals surface area contributed by atoms with Crippen molar-refractivity contribution >= 4 is 11.9 Å². The molecule has 1 amide bonds. The summed E-state index contributed by atoms with van der Waals surface area (Å²) < 4.78 is 6.94. The number of hydrogen-bond acceptors (Lipinski definition) is 6. The number of carbonyl (C=O) groups excluding carboxylic acids is 1. The molecule has 2 heterocycles. The van der Waals surface area contributed by atoms with E-state index in [0.29, 0.717) is 17.8 Å². The highest BCUT2D eigenvalue weighted by Gasteiger charge is 2.52. The van der Waals surface area contributed by atoms with Crippen LogP contribution in [0.2, 0.25) is 0 Å². The van der Waals surface area contributed by atoms with E-state index in [-0.39, 0.29) is 18.9 Å². The molecule has 0 saturated heterocycles. The number of amides is 1. The van der Waals surface area contributed by atoms with Gasteiger partial charge in [0, 0.05) is 55.9 Å². The number of carbonyl (C=O) groups is 2. The largest absolute Gasteiger partial charge is 0.480 e. The fourth-order valence-corrected chi connectivity index (χ4v) is 3.89. The Labute approximate surface area is 185 Å². The number of nitrogens with zero attached hydrogens (tertiary/aromatic N) is 4. The minimum Gasteiger partial charge on any atom is -0.480 e. The lowest BCUT2D eigenvalue weighted by atomic mass is 9.74. The Morgan fingerprint density at radius 2 is 2.09 bits per heavy atom. The number of benzene rings is 1. The van der Waals surface area contributed by atoms with Crippen LogP contribution in [-0.4, -0.2) is 55.7 Å². The second-order valence-corrected chi connectivity index (χ2v) is 8.07. The maximum Gasteiger partial charge on any atom is 0.329 e. The molecule has 1 aliphatic carbocycles. The summed E-state index contributed by atoms with van der Waals surface area (Å²) in [5.41, 5.74) is 2.39. The zero-order valence-corrected chi connectivity index (χ0v) is 18.0. The summed E-state index contributed by atoms with van der Waals surface area (Å²) in [4.78, 5) is 28.8. The van der Waals surface area contributed by atoms with Gasteiger partial charge in [-0.25, -0.2) is 4.79 Å². The van der Waals surface area contributed by atoms with Crippen molar-refractivity contribution in [3.05, 3.63) is 65.6 Å². The Balaban J connectivity index is 1.44. The normalized spacial score (nSPS) is 19.9. The minimum absolute atomic E-state index is 0.157. The van der Waals surface area contributed by atoms with Gasteiger partial charge in [0.2, 0.25) is 0 Å². The van der Waals surface area contributed by atoms with Gasteiger partial charge in [-0.15, -0.1) is 5.10 Å². The van der Waals surface area contributed by atoms with Gasteiger partial charge >= 0.3 is 5.97 Å². The molecule has 1 aromatic carbocycles. The maximum atomic E-state index is 12.8. The van der Waals surface area contributed by atoms with Crippen molar-refractivity contribution in [1.82, 2.24) is 25.3 Å². The van der Waals surface area contributed by atoms with Gasteiger partial charge in [0.15, 0.2) is 0 Å². The van der Waals surface area contributed by atoms with Gasteiger partial charge in [0.25, 0.3) is 5.91 Å². The molecule has 2 aromatic heterocycles. The number of hydrogen-bond donors (Lipinski definition) is 2. The Hall–Kier alpha value is -3.59. The van der Waals surface area contributed by atoms with Crippen molar-refractivity contribution in [2.24, 2.45) is 0 Å². The molecule has 0 atom stereocenters. The first-order valence-electron chi connectivity index (χ1n) is 10.4. The molecule has 0 bridgehead atoms. The predicted octanol–water partition coefficient (Wildman–Crippen LogP) is 2.25. The number of aliphatic carboxylic acids is 1. The molecular formula is C23H25N5O4. The van der Waals surface area contributed by atoms with Crippen LogP contribution in [0.15, 0.2) is 48.8 Å². The Bertz CT molecular complexity index is 1120. The third-order valence-electron chi connectivity index (χ3n) is 5.88. The van der Waals surface area contributed by atoms with Crippen LogP contribution in [0.3, 0.4) is 0 Å². The molecule has 3 aromatic rings. The van der Waals surface area contributed by atoms with Crippen LogP contribution in [0, 0.1) is 6.92 Å². The molecule has 1 aliphatic rings. The quantitative estimate of drug-likeness (QED) is 0.557. The number of carboxylic acids is 1. The number of nitrogens with one attached hydrogen (secondary N) is 1. The molecule has 1 saturated carbocycles. The smallest absolute Gasteiger partial charge is 0.329 e. The summed E-state index contributed by atoms with van der Waals surface area (Å²) in [5, 5.41) is 20.7. The van der Waals surface area contributed by atoms with Crippen molar-refractivity contribution in [2.45, 2.75) is 44.4 Å². The Morgan fingerprint density at radius 3 is 2.75 bits per heavy atom. The monoisotopic (exact) mass is 435 g/mol. The number of ether oxygens (including phenoxy) is 1. The van der Waals surface area contributed by atoms with Gasteiger partial charge in [-0.05, 0) is 36.8 Å². The van der Waals surface area contributed by atoms with E-state index in [1.807, 2.05) is 37.4 Å². The average Bonchev–Trinajstić information content (AvgIpc) is 3.24. The van der Waals surface area contributed by atoms with Crippen molar-refractivity contribution in [3.63, 3.8) is 0 Å². The molecule has 9 nitrogen and oxygen atoms in total. The number of aryl methyl sites for hydroxylation is 3. The van der Waals surface area contributed by atoms with Gasteiger partial charge in [-0.2, -0.15) is 0 Å². The lowest BCUT2D eigenvalue weighted by Gasteiger charge is -2.43. The van der Waals surface area contributed by atoms with E-state index < -0.39 is 17.4 Å². The minimum atomic E-state index is -1.28. The lowest BCUT2D eigenvalue weighted by Crippen LogP contribution is -2.64. The summed E-state index contributed by atoms with van der Waals surface area (Å²) in [7, 11) is 1.54. The zero-order valence-electron chi connectivity index (χ0n) is 18.0. The van der Waals surface area contributed by atoms with E-state index in [1.54, 1.807) is 23.0 Å². The molecular weight excluding hydrogens is 410 g/mol. The summed E-state index contributed by atoms with van der Waals surface area (Å²) in [5.74, 6) is -1.46. The number of pyridine rings is 1. The van der Waals surface area contributed by atoms with Gasteiger partial charge in [0.05, 0.1) is 12.3 Å². The second kappa shape index (κ2) is 8.88. The molecule has 0 unspecified atom stereocenters. The fraction of sp³-hybridized carbons (Fsp3) is 0.348. The van der Waals surface area contributed by atoms with Crippen molar-refractivity contribution < 1.29 is 19.4 Å². The van der Waals surface area contributed by atoms with Crippen LogP contribution >= 0.6 is 0 Å². The van der Waals surface area contributed by atoms with Gasteiger partial charge < -0.3 is 15.2 Å². The summed E-state index contributed by atoms with van der Waals surface area (Å²) in [6.07, 6.45) is 4.72. The lowest BCUT2D eigenvalue weighted by molar-refractivity contribution is -0.155. The first kappa shape index (κ1) is 21.6. The molecule has 9 heteroatoms. The fourth-order valence-electron chi connectivity index (χ4n) is 3.89. The van der Waals surface area contributed by atoms with Gasteiger partial charge in [0.1, 0.15) is 11.2 Å². The molecule has 0 spiro atoms. The summed E-state index contributed by atoms with van der Waals surface area (Å²) >= 11 is 0. The zero-order chi connectivity index (χ0) is 22.7. The molecule has 32 heavy (non-hydrogen) atoms. The number of carboxylic acid groups (broad SMARTS) is 1. The number of aromatic nitrogens is 4. The average molecular weight is 435 g/mol. The first-order valence-corrected chi connectivity index (χ1v) is 10.4. The van der Waals surface area contributed by atoms with E-state index in [0.717, 1.165) is 23.2 Å². The van der Waals surface area contributed by atoms with Crippen molar-refractivity contribution in [3.8, 4) is 11.3 Å². The molecule has 166 valence electrons. The SMILES string of the molecule is COC1CC(NC(=O)c2ccc(-c3cn(CCc4ccccn4)nn3)cc2C)(C(=O)O)C1. The number of rotatable bonds is 8. The van der Waals surface area contributed by atoms with Crippen LogP contribution in [-0.2, 0) is 22.5 Å². The summed E-state index contributed by atoms with van der Waals surface area (Å²) in [6.45, 7) is 2.47.